The van der Waals surface area contributed by atoms with Gasteiger partial charge >= 0.3 is 0 Å². The summed E-state index contributed by atoms with van der Waals surface area (Å²) >= 11 is 1.03. The van der Waals surface area contributed by atoms with Gasteiger partial charge in [0, 0.05) is 70.4 Å². The highest BCUT2D eigenvalue weighted by atomic mass is 32.2. The van der Waals surface area contributed by atoms with Gasteiger partial charge in [0.15, 0.2) is 0 Å². The first-order valence-corrected chi connectivity index (χ1v) is 19.3. The summed E-state index contributed by atoms with van der Waals surface area (Å²) in [5.41, 5.74) is 1.33. The number of amides is 8. The van der Waals surface area contributed by atoms with Crippen LogP contribution in [-0.4, -0.2) is 154 Å². The molecule has 0 aromatic heterocycles. The van der Waals surface area contributed by atoms with E-state index in [0.29, 0.717) is 58.1 Å². The van der Waals surface area contributed by atoms with E-state index in [1.807, 2.05) is 6.92 Å². The lowest BCUT2D eigenvalue weighted by Crippen LogP contribution is -2.50. The summed E-state index contributed by atoms with van der Waals surface area (Å²) in [5, 5.41) is 9.56. The van der Waals surface area contributed by atoms with Crippen molar-refractivity contribution in [2.45, 2.75) is 56.7 Å². The molecule has 304 valence electrons. The number of likely N-dealkylation sites (tertiary alicyclic amines) is 2. The van der Waals surface area contributed by atoms with Gasteiger partial charge < -0.3 is 40.2 Å². The Morgan fingerprint density at radius 3 is 2.15 bits per heavy atom. The summed E-state index contributed by atoms with van der Waals surface area (Å²) < 4.78 is 21.5. The van der Waals surface area contributed by atoms with Gasteiger partial charge in [-0.25, -0.2) is 0 Å². The number of ether oxygens (including phenoxy) is 4. The number of β-lactam (4-membered cyclic amide) rings is 1. The molecule has 2 heterocycles. The number of thioether (sulfide) groups is 1. The number of nitrogens with one attached hydrogen (secondary N) is 4. The fourth-order valence-electron chi connectivity index (χ4n) is 5.20. The summed E-state index contributed by atoms with van der Waals surface area (Å²) in [7, 11) is 1.45. The Kier molecular flexibility index (Phi) is 20.3. The van der Waals surface area contributed by atoms with Crippen molar-refractivity contribution in [1.82, 2.24) is 25.8 Å². The van der Waals surface area contributed by atoms with Crippen LogP contribution in [0.2, 0.25) is 0 Å². The van der Waals surface area contributed by atoms with Gasteiger partial charge in [-0.05, 0) is 30.5 Å². The number of aryl methyl sites for hydroxylation is 1. The number of rotatable bonds is 27. The Labute approximate surface area is 324 Å². The lowest BCUT2D eigenvalue weighted by molar-refractivity contribution is -0.152. The Morgan fingerprint density at radius 1 is 0.836 bits per heavy atom. The van der Waals surface area contributed by atoms with Crippen molar-refractivity contribution in [2.75, 3.05) is 90.6 Å². The third-order valence-corrected chi connectivity index (χ3v) is 9.58. The molecular formula is C36H52N6O12S. The average molecular weight is 793 g/mol. The van der Waals surface area contributed by atoms with E-state index in [-0.39, 0.29) is 62.4 Å². The second-order valence-corrected chi connectivity index (χ2v) is 13.7. The standard InChI is InChI=1S/C36H52N6O12S/c1-3-15-51-17-19-53-20-18-52-16-12-38-35(49)27(24-55-28-21-34(48)42(36(28)50)13-10-29(43)37-2)40-31(45)23-54-22-30(44)39-26-7-4-25(5-8-26)6-9-32(46)41-14-11-33(41)47/h4-5,7-8,27-28H,3,6,9-24H2,1-2H3,(H,37,43)(H,38,49)(H,39,44)(H,40,45)/t27-,28?/m0/s1. The van der Waals surface area contributed by atoms with Crippen LogP contribution in [0.4, 0.5) is 5.69 Å². The van der Waals surface area contributed by atoms with E-state index < -0.39 is 54.0 Å². The summed E-state index contributed by atoms with van der Waals surface area (Å²) in [5.74, 6) is -3.43. The Morgan fingerprint density at radius 2 is 1.51 bits per heavy atom. The van der Waals surface area contributed by atoms with Crippen molar-refractivity contribution < 1.29 is 57.3 Å². The van der Waals surface area contributed by atoms with Gasteiger partial charge in [-0.3, -0.25) is 48.2 Å². The molecule has 4 N–H and O–H groups in total. The Hall–Kier alpha value is -4.43. The molecule has 55 heavy (non-hydrogen) atoms. The molecule has 0 aliphatic carbocycles. The predicted molar refractivity (Wildman–Crippen MR) is 200 cm³/mol. The fraction of sp³-hybridized carbons (Fsp3) is 0.611. The van der Waals surface area contributed by atoms with Gasteiger partial charge in [-0.2, -0.15) is 0 Å². The summed E-state index contributed by atoms with van der Waals surface area (Å²) in [4.78, 5) is 101. The van der Waals surface area contributed by atoms with Crippen LogP contribution < -0.4 is 21.3 Å². The summed E-state index contributed by atoms with van der Waals surface area (Å²) in [6, 6.07) is 5.71. The lowest BCUT2D eigenvalue weighted by atomic mass is 10.1. The first-order valence-electron chi connectivity index (χ1n) is 18.3. The van der Waals surface area contributed by atoms with Crippen LogP contribution in [0.25, 0.3) is 0 Å². The molecule has 3 rings (SSSR count). The Bertz CT molecular complexity index is 1480. The largest absolute Gasteiger partial charge is 0.379 e. The molecule has 2 fully saturated rings. The quantitative estimate of drug-likeness (QED) is 0.0496. The van der Waals surface area contributed by atoms with E-state index in [4.69, 9.17) is 18.9 Å². The second-order valence-electron chi connectivity index (χ2n) is 12.5. The SMILES string of the molecule is CCCOCCOCCOCCNC(=O)[C@H](CSC1CC(=O)N(CCC(=O)NC)C1=O)NC(=O)COCC(=O)Nc1ccc(CCC(=O)N2CCC2=O)cc1. The van der Waals surface area contributed by atoms with Crippen molar-refractivity contribution >= 4 is 64.7 Å². The van der Waals surface area contributed by atoms with Crippen molar-refractivity contribution in [1.29, 1.82) is 0 Å². The molecule has 0 spiro atoms. The maximum atomic E-state index is 13.1. The Balaban J connectivity index is 1.43. The van der Waals surface area contributed by atoms with E-state index in [9.17, 15) is 38.4 Å². The molecule has 2 aliphatic rings. The van der Waals surface area contributed by atoms with Gasteiger partial charge in [0.2, 0.25) is 47.3 Å². The van der Waals surface area contributed by atoms with Gasteiger partial charge in [-0.15, -0.1) is 11.8 Å². The maximum Gasteiger partial charge on any atom is 0.250 e. The van der Waals surface area contributed by atoms with Gasteiger partial charge in [-0.1, -0.05) is 19.1 Å². The molecule has 8 amide bonds. The number of carbonyl (C=O) groups excluding carboxylic acids is 8. The van der Waals surface area contributed by atoms with E-state index in [1.54, 1.807) is 24.3 Å². The minimum atomic E-state index is -1.12. The van der Waals surface area contributed by atoms with E-state index >= 15 is 0 Å². The van der Waals surface area contributed by atoms with Crippen molar-refractivity contribution in [3.63, 3.8) is 0 Å². The van der Waals surface area contributed by atoms with Crippen molar-refractivity contribution in [3.05, 3.63) is 29.8 Å². The molecule has 19 heteroatoms. The average Bonchev–Trinajstić information content (AvgIpc) is 3.44. The number of hydrogen-bond donors (Lipinski definition) is 4. The summed E-state index contributed by atoms with van der Waals surface area (Å²) in [6.07, 6.45) is 1.82. The monoisotopic (exact) mass is 792 g/mol. The molecule has 1 unspecified atom stereocenters. The van der Waals surface area contributed by atoms with Crippen LogP contribution in [-0.2, 0) is 63.7 Å². The topological polar surface area (TPSA) is 228 Å². The molecule has 1 aromatic carbocycles. The van der Waals surface area contributed by atoms with E-state index in [0.717, 1.165) is 28.6 Å². The number of carbonyl (C=O) groups is 8. The van der Waals surface area contributed by atoms with Crippen LogP contribution in [0.5, 0.6) is 0 Å². The number of imide groups is 2. The highest BCUT2D eigenvalue weighted by Crippen LogP contribution is 2.26. The van der Waals surface area contributed by atoms with E-state index in [2.05, 4.69) is 21.3 Å². The second kappa shape index (κ2) is 24.9. The van der Waals surface area contributed by atoms with Gasteiger partial charge in [0.05, 0.1) is 38.3 Å². The number of benzene rings is 1. The molecular weight excluding hydrogens is 740 g/mol. The van der Waals surface area contributed by atoms with Crippen molar-refractivity contribution in [2.24, 2.45) is 0 Å². The number of nitrogens with zero attached hydrogens (tertiary/aromatic N) is 2. The zero-order valence-electron chi connectivity index (χ0n) is 31.4. The molecule has 2 saturated heterocycles. The number of hydrogen-bond acceptors (Lipinski definition) is 13. The third-order valence-electron chi connectivity index (χ3n) is 8.28. The van der Waals surface area contributed by atoms with Gasteiger partial charge in [0.1, 0.15) is 19.3 Å². The molecule has 1 aromatic rings. The minimum Gasteiger partial charge on any atom is -0.379 e. The van der Waals surface area contributed by atoms with Crippen LogP contribution in [0, 0.1) is 0 Å². The normalized spacial score (nSPS) is 15.7. The molecule has 0 saturated carbocycles. The first kappa shape index (κ1) is 45.0. The molecule has 0 bridgehead atoms. The third kappa shape index (κ3) is 16.5. The van der Waals surface area contributed by atoms with Crippen LogP contribution in [0.3, 0.4) is 0 Å². The van der Waals surface area contributed by atoms with Gasteiger partial charge in [0.25, 0.3) is 0 Å². The smallest absolute Gasteiger partial charge is 0.250 e. The first-order chi connectivity index (χ1) is 26.5. The summed E-state index contributed by atoms with van der Waals surface area (Å²) in [6.45, 7) is 3.96. The lowest BCUT2D eigenvalue weighted by Gasteiger charge is -2.28. The zero-order chi connectivity index (χ0) is 40.0. The highest BCUT2D eigenvalue weighted by Gasteiger charge is 2.39. The van der Waals surface area contributed by atoms with Crippen molar-refractivity contribution in [3.8, 4) is 0 Å². The predicted octanol–water partition coefficient (Wildman–Crippen LogP) is -0.609. The van der Waals surface area contributed by atoms with Crippen LogP contribution in [0.1, 0.15) is 44.6 Å². The minimum absolute atomic E-state index is 0.0363. The van der Waals surface area contributed by atoms with Crippen LogP contribution >= 0.6 is 11.8 Å². The number of anilines is 1. The van der Waals surface area contributed by atoms with E-state index in [1.165, 1.54) is 11.9 Å². The zero-order valence-corrected chi connectivity index (χ0v) is 32.2. The molecule has 18 nitrogen and oxygen atoms in total. The van der Waals surface area contributed by atoms with Crippen LogP contribution in [0.15, 0.2) is 24.3 Å². The molecule has 2 atom stereocenters. The maximum absolute atomic E-state index is 13.1. The highest BCUT2D eigenvalue weighted by molar-refractivity contribution is 8.00. The molecule has 0 radical (unpaired) electrons. The molecule has 2 aliphatic heterocycles. The fourth-order valence-corrected chi connectivity index (χ4v) is 6.39.